The van der Waals surface area contributed by atoms with Gasteiger partial charge in [-0.1, -0.05) is 6.07 Å². The van der Waals surface area contributed by atoms with E-state index in [4.69, 9.17) is 4.74 Å². The van der Waals surface area contributed by atoms with Gasteiger partial charge in [-0.3, -0.25) is 14.3 Å². The lowest BCUT2D eigenvalue weighted by molar-refractivity contribution is 0.185. The zero-order chi connectivity index (χ0) is 14.1. The maximum Gasteiger partial charge on any atom is 0.329 e. The van der Waals surface area contributed by atoms with Gasteiger partial charge in [-0.05, 0) is 11.4 Å². The Bertz CT molecular complexity index is 843. The van der Waals surface area contributed by atoms with E-state index in [1.54, 1.807) is 18.4 Å². The number of hydrogen-bond acceptors (Lipinski definition) is 5. The molecule has 104 valence electrons. The first-order chi connectivity index (χ1) is 9.72. The molecule has 0 saturated carbocycles. The normalized spacial score (nSPS) is 11.2. The van der Waals surface area contributed by atoms with Gasteiger partial charge >= 0.3 is 5.69 Å². The van der Waals surface area contributed by atoms with Crippen LogP contribution in [0.1, 0.15) is 0 Å². The van der Waals surface area contributed by atoms with Gasteiger partial charge in [0.1, 0.15) is 4.83 Å². The lowest BCUT2D eigenvalue weighted by atomic mass is 10.2. The van der Waals surface area contributed by atoms with E-state index in [2.05, 4.69) is 4.98 Å². The van der Waals surface area contributed by atoms with E-state index in [1.807, 2.05) is 22.9 Å². The van der Waals surface area contributed by atoms with E-state index in [0.29, 0.717) is 16.8 Å². The molecule has 0 radical (unpaired) electrons. The smallest absolute Gasteiger partial charge is 0.329 e. The second-order valence-corrected chi connectivity index (χ2v) is 6.04. The molecule has 0 atom stereocenters. The Morgan fingerprint density at radius 3 is 2.90 bits per heavy atom. The molecule has 7 heteroatoms. The molecule has 0 fully saturated rings. The van der Waals surface area contributed by atoms with E-state index in [-0.39, 0.29) is 17.8 Å². The van der Waals surface area contributed by atoms with Gasteiger partial charge in [-0.2, -0.15) is 0 Å². The van der Waals surface area contributed by atoms with Crippen LogP contribution in [0, 0.1) is 0 Å². The van der Waals surface area contributed by atoms with Crippen LogP contribution in [-0.2, 0) is 11.3 Å². The number of fused-ring (bicyclic) bond motifs is 1. The largest absolute Gasteiger partial charge is 0.383 e. The number of nitrogens with zero attached hydrogens (tertiary/aromatic N) is 1. The third kappa shape index (κ3) is 2.13. The minimum Gasteiger partial charge on any atom is -0.383 e. The molecule has 0 unspecified atom stereocenters. The number of methoxy groups -OCH3 is 1. The number of thiophene rings is 2. The Balaban J connectivity index is 2.26. The predicted octanol–water partition coefficient (Wildman–Crippen LogP) is 2.13. The minimum absolute atomic E-state index is 0.250. The predicted molar refractivity (Wildman–Crippen MR) is 81.9 cm³/mol. The van der Waals surface area contributed by atoms with Crippen LogP contribution in [-0.4, -0.2) is 23.3 Å². The highest BCUT2D eigenvalue weighted by Gasteiger charge is 2.15. The summed E-state index contributed by atoms with van der Waals surface area (Å²) in [6.45, 7) is 0.577. The number of rotatable bonds is 4. The molecule has 3 aromatic heterocycles. The number of aromatic nitrogens is 2. The summed E-state index contributed by atoms with van der Waals surface area (Å²) in [7, 11) is 1.54. The Kier molecular flexibility index (Phi) is 3.56. The van der Waals surface area contributed by atoms with Crippen LogP contribution in [0.15, 0.2) is 32.5 Å². The average molecular weight is 308 g/mol. The van der Waals surface area contributed by atoms with Crippen LogP contribution in [0.3, 0.4) is 0 Å². The maximum atomic E-state index is 12.5. The Hall–Kier alpha value is -1.70. The molecule has 20 heavy (non-hydrogen) atoms. The van der Waals surface area contributed by atoms with Crippen molar-refractivity contribution in [2.24, 2.45) is 0 Å². The lowest BCUT2D eigenvalue weighted by Crippen LogP contribution is -2.35. The van der Waals surface area contributed by atoms with Gasteiger partial charge in [-0.15, -0.1) is 22.7 Å². The second-order valence-electron chi connectivity index (χ2n) is 4.21. The van der Waals surface area contributed by atoms with E-state index in [1.165, 1.54) is 15.9 Å². The second kappa shape index (κ2) is 5.35. The highest BCUT2D eigenvalue weighted by molar-refractivity contribution is 7.18. The van der Waals surface area contributed by atoms with Crippen LogP contribution in [0.5, 0.6) is 0 Å². The number of aromatic amines is 1. The molecule has 0 aromatic carbocycles. The van der Waals surface area contributed by atoms with E-state index >= 15 is 0 Å². The van der Waals surface area contributed by atoms with E-state index in [9.17, 15) is 9.59 Å². The summed E-state index contributed by atoms with van der Waals surface area (Å²) >= 11 is 2.95. The molecule has 0 bridgehead atoms. The van der Waals surface area contributed by atoms with Crippen molar-refractivity contribution < 1.29 is 4.74 Å². The number of H-pyrrole nitrogens is 1. The van der Waals surface area contributed by atoms with Gasteiger partial charge in [0.2, 0.25) is 0 Å². The van der Waals surface area contributed by atoms with Gasteiger partial charge in [0.15, 0.2) is 0 Å². The first-order valence-electron chi connectivity index (χ1n) is 5.99. The van der Waals surface area contributed by atoms with Crippen LogP contribution in [0.25, 0.3) is 20.7 Å². The summed E-state index contributed by atoms with van der Waals surface area (Å²) in [5, 5.41) is 4.45. The summed E-state index contributed by atoms with van der Waals surface area (Å²) in [4.78, 5) is 28.9. The zero-order valence-corrected chi connectivity index (χ0v) is 12.3. The first kappa shape index (κ1) is 13.3. The lowest BCUT2D eigenvalue weighted by Gasteiger charge is -2.04. The van der Waals surface area contributed by atoms with Crippen LogP contribution in [0.2, 0.25) is 0 Å². The van der Waals surface area contributed by atoms with E-state index < -0.39 is 0 Å². The SMILES string of the molecule is COCCn1c(=O)[nH]c2scc(-c3cccs3)c2c1=O. The van der Waals surface area contributed by atoms with Crippen molar-refractivity contribution in [2.45, 2.75) is 6.54 Å². The molecule has 0 amide bonds. The molecule has 3 aromatic rings. The third-order valence-electron chi connectivity index (χ3n) is 3.02. The van der Waals surface area contributed by atoms with Crippen molar-refractivity contribution in [1.29, 1.82) is 0 Å². The summed E-state index contributed by atoms with van der Waals surface area (Å²) in [6, 6.07) is 3.91. The van der Waals surface area contributed by atoms with Crippen molar-refractivity contribution in [2.75, 3.05) is 13.7 Å². The fraction of sp³-hybridized carbons (Fsp3) is 0.231. The molecule has 3 rings (SSSR count). The maximum absolute atomic E-state index is 12.5. The molecule has 0 spiro atoms. The van der Waals surface area contributed by atoms with E-state index in [0.717, 1.165) is 10.4 Å². The molecule has 0 aliphatic carbocycles. The Morgan fingerprint density at radius 1 is 1.35 bits per heavy atom. The van der Waals surface area contributed by atoms with Gasteiger partial charge in [0.05, 0.1) is 18.5 Å². The van der Waals surface area contributed by atoms with Gasteiger partial charge in [0.25, 0.3) is 5.56 Å². The first-order valence-corrected chi connectivity index (χ1v) is 7.75. The molecular weight excluding hydrogens is 296 g/mol. The number of ether oxygens (including phenoxy) is 1. The monoisotopic (exact) mass is 308 g/mol. The summed E-state index contributed by atoms with van der Waals surface area (Å²) in [6.07, 6.45) is 0. The molecule has 5 nitrogen and oxygen atoms in total. The van der Waals surface area contributed by atoms with Crippen molar-refractivity contribution in [3.05, 3.63) is 43.7 Å². The highest BCUT2D eigenvalue weighted by atomic mass is 32.1. The standard InChI is InChI=1S/C13H12N2O3S2/c1-18-5-4-15-12(16)10-8(9-3-2-6-19-9)7-20-11(10)14-13(15)17/h2-3,6-7H,4-5H2,1H3,(H,14,17). The quantitative estimate of drug-likeness (QED) is 0.803. The Morgan fingerprint density at radius 2 is 2.20 bits per heavy atom. The number of hydrogen-bond donors (Lipinski definition) is 1. The minimum atomic E-state index is -0.390. The van der Waals surface area contributed by atoms with Gasteiger partial charge in [0, 0.05) is 22.9 Å². The summed E-state index contributed by atoms with van der Waals surface area (Å²) in [5.74, 6) is 0. The van der Waals surface area contributed by atoms with Crippen LogP contribution in [0.4, 0.5) is 0 Å². The summed E-state index contributed by atoms with van der Waals surface area (Å²) < 4.78 is 6.13. The fourth-order valence-corrected chi connectivity index (χ4v) is 3.82. The van der Waals surface area contributed by atoms with Gasteiger partial charge < -0.3 is 4.74 Å². The molecule has 0 aliphatic heterocycles. The van der Waals surface area contributed by atoms with Crippen molar-refractivity contribution in [3.8, 4) is 10.4 Å². The topological polar surface area (TPSA) is 64.1 Å². The molecular formula is C13H12N2O3S2. The molecule has 1 N–H and O–H groups in total. The fourth-order valence-electron chi connectivity index (χ4n) is 2.05. The van der Waals surface area contributed by atoms with Crippen LogP contribution >= 0.6 is 22.7 Å². The van der Waals surface area contributed by atoms with Gasteiger partial charge in [-0.25, -0.2) is 4.79 Å². The van der Waals surface area contributed by atoms with Crippen molar-refractivity contribution >= 4 is 32.9 Å². The van der Waals surface area contributed by atoms with Crippen LogP contribution < -0.4 is 11.2 Å². The van der Waals surface area contributed by atoms with Crippen molar-refractivity contribution in [3.63, 3.8) is 0 Å². The third-order valence-corrected chi connectivity index (χ3v) is 4.82. The Labute approximate surface area is 122 Å². The zero-order valence-electron chi connectivity index (χ0n) is 10.7. The average Bonchev–Trinajstić information content (AvgIpc) is 3.06. The number of nitrogens with one attached hydrogen (secondary N) is 1. The summed E-state index contributed by atoms with van der Waals surface area (Å²) in [5.41, 5.74) is 0.233. The van der Waals surface area contributed by atoms with Crippen molar-refractivity contribution in [1.82, 2.24) is 9.55 Å². The molecule has 3 heterocycles. The molecule has 0 aliphatic rings. The molecule has 0 saturated heterocycles. The highest BCUT2D eigenvalue weighted by Crippen LogP contribution is 2.32.